The van der Waals surface area contributed by atoms with Gasteiger partial charge in [0.05, 0.1) is 0 Å². The maximum absolute atomic E-state index is 5.01. The summed E-state index contributed by atoms with van der Waals surface area (Å²) in [4.78, 5) is 2.60. The van der Waals surface area contributed by atoms with Crippen molar-refractivity contribution in [3.05, 3.63) is 0 Å². The molecule has 0 aromatic carbocycles. The predicted octanol–water partition coefficient (Wildman–Crippen LogP) is 1.49. The highest BCUT2D eigenvalue weighted by Crippen LogP contribution is 2.11. The maximum Gasteiger partial charge on any atom is 0.0474 e. The highest BCUT2D eigenvalue weighted by atomic mass is 16.5. The number of piperidine rings is 1. The molecule has 1 N–H and O–H groups in total. The van der Waals surface area contributed by atoms with E-state index in [9.17, 15) is 0 Å². The van der Waals surface area contributed by atoms with E-state index in [0.717, 1.165) is 26.1 Å². The van der Waals surface area contributed by atoms with Gasteiger partial charge >= 0.3 is 0 Å². The summed E-state index contributed by atoms with van der Waals surface area (Å²) in [6.07, 6.45) is 5.30. The smallest absolute Gasteiger partial charge is 0.0474 e. The number of nitrogens with one attached hydrogen (secondary N) is 1. The maximum atomic E-state index is 5.01. The van der Waals surface area contributed by atoms with Crippen LogP contribution in [0.5, 0.6) is 0 Å². The minimum Gasteiger partial charge on any atom is -0.385 e. The Morgan fingerprint density at radius 2 is 2.00 bits per heavy atom. The molecule has 0 saturated carbocycles. The van der Waals surface area contributed by atoms with Crippen LogP contribution in [0.3, 0.4) is 0 Å². The van der Waals surface area contributed by atoms with Crippen molar-refractivity contribution in [3.63, 3.8) is 0 Å². The van der Waals surface area contributed by atoms with E-state index < -0.39 is 0 Å². The summed E-state index contributed by atoms with van der Waals surface area (Å²) in [7, 11) is 1.76. The van der Waals surface area contributed by atoms with Crippen LogP contribution in [0, 0.1) is 0 Å². The van der Waals surface area contributed by atoms with Gasteiger partial charge < -0.3 is 10.1 Å². The summed E-state index contributed by atoms with van der Waals surface area (Å²) < 4.78 is 5.01. The minimum absolute atomic E-state index is 0.688. The Morgan fingerprint density at radius 3 is 2.67 bits per heavy atom. The number of rotatable bonds is 7. The standard InChI is InChI=1S/C12H26N2O/c1-12(11-13-7-6-10-15-2)14-8-4-3-5-9-14/h12-13H,3-11H2,1-2H3. The first-order valence-corrected chi connectivity index (χ1v) is 6.28. The third kappa shape index (κ3) is 5.50. The lowest BCUT2D eigenvalue weighted by Crippen LogP contribution is -2.43. The summed E-state index contributed by atoms with van der Waals surface area (Å²) >= 11 is 0. The fraction of sp³-hybridized carbons (Fsp3) is 1.00. The van der Waals surface area contributed by atoms with Crippen molar-refractivity contribution in [3.8, 4) is 0 Å². The average molecular weight is 214 g/mol. The van der Waals surface area contributed by atoms with Crippen molar-refractivity contribution in [1.29, 1.82) is 0 Å². The van der Waals surface area contributed by atoms with Gasteiger partial charge in [0.1, 0.15) is 0 Å². The molecule has 0 aromatic heterocycles. The topological polar surface area (TPSA) is 24.5 Å². The van der Waals surface area contributed by atoms with E-state index in [-0.39, 0.29) is 0 Å². The molecule has 1 fully saturated rings. The second kappa shape index (κ2) is 8.08. The average Bonchev–Trinajstić information content (AvgIpc) is 2.30. The molecule has 1 heterocycles. The molecular formula is C12H26N2O. The number of methoxy groups -OCH3 is 1. The van der Waals surface area contributed by atoms with Crippen LogP contribution in [0.4, 0.5) is 0 Å². The molecule has 0 radical (unpaired) electrons. The lowest BCUT2D eigenvalue weighted by Gasteiger charge is -2.32. The lowest BCUT2D eigenvalue weighted by atomic mass is 10.1. The van der Waals surface area contributed by atoms with Gasteiger partial charge in [-0.05, 0) is 45.8 Å². The normalized spacial score (nSPS) is 20.4. The van der Waals surface area contributed by atoms with Gasteiger partial charge in [-0.1, -0.05) is 6.42 Å². The number of hydrogen-bond acceptors (Lipinski definition) is 3. The molecule has 90 valence electrons. The van der Waals surface area contributed by atoms with Crippen LogP contribution in [-0.4, -0.2) is 50.8 Å². The highest BCUT2D eigenvalue weighted by molar-refractivity contribution is 4.72. The zero-order valence-electron chi connectivity index (χ0n) is 10.3. The number of hydrogen-bond donors (Lipinski definition) is 1. The Labute approximate surface area is 94.2 Å². The third-order valence-corrected chi connectivity index (χ3v) is 3.16. The zero-order valence-corrected chi connectivity index (χ0v) is 10.3. The summed E-state index contributed by atoms with van der Waals surface area (Å²) in [5.74, 6) is 0. The highest BCUT2D eigenvalue weighted by Gasteiger charge is 2.15. The first kappa shape index (κ1) is 12.9. The quantitative estimate of drug-likeness (QED) is 0.650. The van der Waals surface area contributed by atoms with E-state index in [4.69, 9.17) is 4.74 Å². The van der Waals surface area contributed by atoms with Crippen molar-refractivity contribution in [2.75, 3.05) is 39.9 Å². The van der Waals surface area contributed by atoms with Crippen LogP contribution >= 0.6 is 0 Å². The van der Waals surface area contributed by atoms with Gasteiger partial charge in [0, 0.05) is 26.3 Å². The Kier molecular flexibility index (Phi) is 6.98. The monoisotopic (exact) mass is 214 g/mol. The molecular weight excluding hydrogens is 188 g/mol. The van der Waals surface area contributed by atoms with Crippen LogP contribution in [-0.2, 0) is 4.74 Å². The molecule has 3 nitrogen and oxygen atoms in total. The third-order valence-electron chi connectivity index (χ3n) is 3.16. The molecule has 0 aromatic rings. The molecule has 1 unspecified atom stereocenters. The molecule has 1 atom stereocenters. The van der Waals surface area contributed by atoms with Gasteiger partial charge in [0.15, 0.2) is 0 Å². The van der Waals surface area contributed by atoms with Crippen LogP contribution in [0.25, 0.3) is 0 Å². The fourth-order valence-electron chi connectivity index (χ4n) is 2.14. The molecule has 0 spiro atoms. The molecule has 1 rings (SSSR count). The Balaban J connectivity index is 1.99. The summed E-state index contributed by atoms with van der Waals surface area (Å²) in [6, 6.07) is 0.688. The van der Waals surface area contributed by atoms with Crippen molar-refractivity contribution in [1.82, 2.24) is 10.2 Å². The largest absolute Gasteiger partial charge is 0.385 e. The van der Waals surface area contributed by atoms with E-state index in [2.05, 4.69) is 17.1 Å². The molecule has 1 aliphatic rings. The summed E-state index contributed by atoms with van der Waals surface area (Å²) in [5.41, 5.74) is 0. The van der Waals surface area contributed by atoms with E-state index in [0.29, 0.717) is 6.04 Å². The molecule has 0 amide bonds. The first-order valence-electron chi connectivity index (χ1n) is 6.28. The van der Waals surface area contributed by atoms with Gasteiger partial charge in [-0.15, -0.1) is 0 Å². The second-order valence-electron chi connectivity index (χ2n) is 4.50. The lowest BCUT2D eigenvalue weighted by molar-refractivity contribution is 0.167. The number of nitrogens with zero attached hydrogens (tertiary/aromatic N) is 1. The Bertz CT molecular complexity index is 147. The predicted molar refractivity (Wildman–Crippen MR) is 64.2 cm³/mol. The number of likely N-dealkylation sites (tertiary alicyclic amines) is 1. The fourth-order valence-corrected chi connectivity index (χ4v) is 2.14. The Morgan fingerprint density at radius 1 is 1.27 bits per heavy atom. The van der Waals surface area contributed by atoms with Crippen LogP contribution in [0.2, 0.25) is 0 Å². The summed E-state index contributed by atoms with van der Waals surface area (Å²) in [6.45, 7) is 7.97. The molecule has 1 aliphatic heterocycles. The van der Waals surface area contributed by atoms with Gasteiger partial charge in [-0.2, -0.15) is 0 Å². The molecule has 3 heteroatoms. The van der Waals surface area contributed by atoms with E-state index >= 15 is 0 Å². The van der Waals surface area contributed by atoms with Crippen molar-refractivity contribution in [2.45, 2.75) is 38.6 Å². The van der Waals surface area contributed by atoms with Gasteiger partial charge in [0.2, 0.25) is 0 Å². The van der Waals surface area contributed by atoms with Crippen molar-refractivity contribution < 1.29 is 4.74 Å². The van der Waals surface area contributed by atoms with Crippen LogP contribution < -0.4 is 5.32 Å². The SMILES string of the molecule is COCCCNCC(C)N1CCCCC1. The van der Waals surface area contributed by atoms with E-state index in [1.165, 1.54) is 32.4 Å². The van der Waals surface area contributed by atoms with Crippen molar-refractivity contribution in [2.24, 2.45) is 0 Å². The van der Waals surface area contributed by atoms with E-state index in [1.807, 2.05) is 0 Å². The first-order chi connectivity index (χ1) is 7.34. The van der Waals surface area contributed by atoms with Gasteiger partial charge in [-0.25, -0.2) is 0 Å². The van der Waals surface area contributed by atoms with Crippen LogP contribution in [0.1, 0.15) is 32.6 Å². The molecule has 0 aliphatic carbocycles. The zero-order chi connectivity index (χ0) is 10.9. The van der Waals surface area contributed by atoms with Crippen molar-refractivity contribution >= 4 is 0 Å². The van der Waals surface area contributed by atoms with Gasteiger partial charge in [0.25, 0.3) is 0 Å². The van der Waals surface area contributed by atoms with Gasteiger partial charge in [-0.3, -0.25) is 4.90 Å². The second-order valence-corrected chi connectivity index (χ2v) is 4.50. The summed E-state index contributed by atoms with van der Waals surface area (Å²) in [5, 5.41) is 3.50. The van der Waals surface area contributed by atoms with Crippen LogP contribution in [0.15, 0.2) is 0 Å². The molecule has 15 heavy (non-hydrogen) atoms. The van der Waals surface area contributed by atoms with E-state index in [1.54, 1.807) is 7.11 Å². The minimum atomic E-state index is 0.688. The Hall–Kier alpha value is -0.120. The molecule has 0 bridgehead atoms. The molecule has 1 saturated heterocycles. The number of ether oxygens (including phenoxy) is 1.